The van der Waals surface area contributed by atoms with E-state index < -0.39 is 20.2 Å². The van der Waals surface area contributed by atoms with Crippen molar-refractivity contribution in [2.24, 2.45) is 0 Å². The van der Waals surface area contributed by atoms with Crippen LogP contribution in [0.25, 0.3) is 0 Å². The second kappa shape index (κ2) is 6.14. The van der Waals surface area contributed by atoms with Gasteiger partial charge in [0.25, 0.3) is 0 Å². The molecule has 1 aliphatic rings. The molecule has 1 saturated heterocycles. The number of hydrogen-bond acceptors (Lipinski definition) is 3. The zero-order valence-corrected chi connectivity index (χ0v) is 11.9. The minimum Gasteiger partial charge on any atom is -0.323 e. The summed E-state index contributed by atoms with van der Waals surface area (Å²) in [7, 11) is -9.90. The molecule has 0 atom stereocenters. The van der Waals surface area contributed by atoms with Crippen molar-refractivity contribution in [3.63, 3.8) is 0 Å². The lowest BCUT2D eigenvalue weighted by molar-refractivity contribution is 0.274. The zero-order chi connectivity index (χ0) is 13.9. The second-order valence-electron chi connectivity index (χ2n) is 4.70. The van der Waals surface area contributed by atoms with E-state index in [1.54, 1.807) is 0 Å². The third kappa shape index (κ3) is 3.64. The van der Waals surface area contributed by atoms with E-state index in [2.05, 4.69) is 5.32 Å². The minimum atomic E-state index is -4.95. The van der Waals surface area contributed by atoms with E-state index in [1.807, 2.05) is 0 Å². The molecule has 1 rings (SSSR count). The van der Waals surface area contributed by atoms with Gasteiger partial charge in [0.15, 0.2) is 0 Å². The van der Waals surface area contributed by atoms with Crippen LogP contribution in [0.4, 0.5) is 0 Å². The molecule has 0 unspecified atom stereocenters. The van der Waals surface area contributed by atoms with Gasteiger partial charge in [-0.05, 0) is 19.4 Å². The lowest BCUT2D eigenvalue weighted by atomic mass is 10.1. The van der Waals surface area contributed by atoms with Crippen molar-refractivity contribution in [1.82, 2.24) is 5.32 Å². The molecule has 0 aromatic carbocycles. The molecule has 9 heteroatoms. The Balaban J connectivity index is 3.04. The summed E-state index contributed by atoms with van der Waals surface area (Å²) >= 11 is 0. The molecule has 0 aliphatic carbocycles. The first kappa shape index (κ1) is 16.3. The molecule has 0 bridgehead atoms. The van der Waals surface area contributed by atoms with Gasteiger partial charge in [0.05, 0.1) is 0 Å². The van der Waals surface area contributed by atoms with E-state index in [-0.39, 0.29) is 13.0 Å². The molecule has 0 amide bonds. The van der Waals surface area contributed by atoms with Gasteiger partial charge in [-0.1, -0.05) is 32.1 Å². The standard InChI is InChI=1S/C9H21NO6P2/c11-17(12,13)9(18(14,15)16)7-5-3-1-2-4-6-8-10-9/h10H,1-8H2,(H2,11,12,13)(H2,14,15,16). The summed E-state index contributed by atoms with van der Waals surface area (Å²) < 4.78 is 23.1. The first-order chi connectivity index (χ1) is 8.21. The fourth-order valence-corrected chi connectivity index (χ4v) is 5.14. The maximum absolute atomic E-state index is 11.6. The highest BCUT2D eigenvalue weighted by Gasteiger charge is 2.59. The Morgan fingerprint density at radius 3 is 1.72 bits per heavy atom. The average Bonchev–Trinajstić information content (AvgIpc) is 2.22. The smallest absolute Gasteiger partial charge is 0.323 e. The van der Waals surface area contributed by atoms with E-state index in [4.69, 9.17) is 0 Å². The van der Waals surface area contributed by atoms with E-state index in [0.717, 1.165) is 25.7 Å². The summed E-state index contributed by atoms with van der Waals surface area (Å²) in [6.07, 6.45) is 4.43. The van der Waals surface area contributed by atoms with Crippen LogP contribution in [0.1, 0.15) is 44.9 Å². The van der Waals surface area contributed by atoms with Crippen LogP contribution in [0.2, 0.25) is 0 Å². The van der Waals surface area contributed by atoms with Crippen LogP contribution in [0.5, 0.6) is 0 Å². The van der Waals surface area contributed by atoms with Gasteiger partial charge in [-0.3, -0.25) is 14.4 Å². The van der Waals surface area contributed by atoms with Crippen LogP contribution in [0.3, 0.4) is 0 Å². The van der Waals surface area contributed by atoms with Crippen molar-refractivity contribution in [3.8, 4) is 0 Å². The maximum atomic E-state index is 11.6. The second-order valence-corrected chi connectivity index (χ2v) is 8.76. The topological polar surface area (TPSA) is 127 Å². The largest absolute Gasteiger partial charge is 0.357 e. The fourth-order valence-electron chi connectivity index (χ4n) is 2.25. The highest BCUT2D eigenvalue weighted by molar-refractivity contribution is 7.72. The summed E-state index contributed by atoms with van der Waals surface area (Å²) in [5.74, 6) is 0. The van der Waals surface area contributed by atoms with Crippen molar-refractivity contribution >= 4 is 15.2 Å². The SMILES string of the molecule is O=P(O)(O)C1(P(=O)(O)O)CCCCCCCCN1. The van der Waals surface area contributed by atoms with Crippen LogP contribution < -0.4 is 5.32 Å². The third-order valence-electron chi connectivity index (χ3n) is 3.32. The van der Waals surface area contributed by atoms with Crippen LogP contribution >= 0.6 is 15.2 Å². The summed E-state index contributed by atoms with van der Waals surface area (Å²) in [6, 6.07) is 0. The maximum Gasteiger partial charge on any atom is 0.357 e. The van der Waals surface area contributed by atoms with Gasteiger partial charge in [-0.2, -0.15) is 0 Å². The molecule has 0 radical (unpaired) electrons. The van der Waals surface area contributed by atoms with Gasteiger partial charge in [-0.25, -0.2) is 0 Å². The molecule has 0 saturated carbocycles. The van der Waals surface area contributed by atoms with Crippen LogP contribution in [-0.4, -0.2) is 31.1 Å². The zero-order valence-electron chi connectivity index (χ0n) is 10.2. The summed E-state index contributed by atoms with van der Waals surface area (Å²) in [6.45, 7) is 0.205. The first-order valence-electron chi connectivity index (χ1n) is 6.07. The molecule has 5 N–H and O–H groups in total. The summed E-state index contributed by atoms with van der Waals surface area (Å²) in [4.78, 5) is 37.5. The van der Waals surface area contributed by atoms with E-state index in [9.17, 15) is 28.7 Å². The molecule has 108 valence electrons. The van der Waals surface area contributed by atoms with Crippen molar-refractivity contribution in [2.45, 2.75) is 50.0 Å². The fraction of sp³-hybridized carbons (Fsp3) is 1.00. The van der Waals surface area contributed by atoms with E-state index in [1.165, 1.54) is 0 Å². The normalized spacial score (nSPS) is 23.6. The Labute approximate surface area is 106 Å². The lowest BCUT2D eigenvalue weighted by Crippen LogP contribution is -2.45. The van der Waals surface area contributed by atoms with Crippen molar-refractivity contribution in [3.05, 3.63) is 0 Å². The molecule has 18 heavy (non-hydrogen) atoms. The molecular formula is C9H21NO6P2. The Kier molecular flexibility index (Phi) is 5.57. The minimum absolute atomic E-state index is 0.205. The predicted molar refractivity (Wildman–Crippen MR) is 67.1 cm³/mol. The quantitative estimate of drug-likeness (QED) is 0.487. The predicted octanol–water partition coefficient (Wildman–Crippen LogP) is 1.33. The first-order valence-corrected chi connectivity index (χ1v) is 9.29. The molecule has 1 fully saturated rings. The van der Waals surface area contributed by atoms with Crippen LogP contribution in [0, 0.1) is 0 Å². The molecule has 0 aromatic rings. The number of nitrogens with one attached hydrogen (secondary N) is 1. The van der Waals surface area contributed by atoms with Gasteiger partial charge in [0.1, 0.15) is 0 Å². The average molecular weight is 301 g/mol. The summed E-state index contributed by atoms with van der Waals surface area (Å²) in [5.41, 5.74) is 0. The molecule has 1 heterocycles. The Morgan fingerprint density at radius 2 is 1.22 bits per heavy atom. The number of rotatable bonds is 2. The van der Waals surface area contributed by atoms with E-state index >= 15 is 0 Å². The molecule has 0 spiro atoms. The third-order valence-corrected chi connectivity index (χ3v) is 7.58. The molecular weight excluding hydrogens is 280 g/mol. The Hall–Kier alpha value is 0.260. The van der Waals surface area contributed by atoms with Gasteiger partial charge in [0.2, 0.25) is 5.02 Å². The van der Waals surface area contributed by atoms with Gasteiger partial charge in [-0.15, -0.1) is 0 Å². The van der Waals surface area contributed by atoms with E-state index in [0.29, 0.717) is 12.8 Å². The number of hydrogen-bond donors (Lipinski definition) is 5. The summed E-state index contributed by atoms with van der Waals surface area (Å²) in [5, 5.41) is 0.0511. The van der Waals surface area contributed by atoms with Gasteiger partial charge >= 0.3 is 15.2 Å². The molecule has 7 nitrogen and oxygen atoms in total. The molecule has 1 aliphatic heterocycles. The lowest BCUT2D eigenvalue weighted by Gasteiger charge is -2.36. The van der Waals surface area contributed by atoms with Gasteiger partial charge in [0, 0.05) is 0 Å². The van der Waals surface area contributed by atoms with Crippen molar-refractivity contribution < 1.29 is 28.7 Å². The Bertz CT molecular complexity index is 328. The molecule has 0 aromatic heterocycles. The monoisotopic (exact) mass is 301 g/mol. The van der Waals surface area contributed by atoms with Crippen molar-refractivity contribution in [2.75, 3.05) is 6.54 Å². The highest BCUT2D eigenvalue weighted by Crippen LogP contribution is 2.69. The van der Waals surface area contributed by atoms with Crippen molar-refractivity contribution in [1.29, 1.82) is 0 Å². The van der Waals surface area contributed by atoms with Crippen LogP contribution in [-0.2, 0) is 9.13 Å². The highest BCUT2D eigenvalue weighted by atomic mass is 31.2. The Morgan fingerprint density at radius 1 is 0.778 bits per heavy atom. The van der Waals surface area contributed by atoms with Crippen LogP contribution in [0.15, 0.2) is 0 Å². The van der Waals surface area contributed by atoms with Gasteiger partial charge < -0.3 is 19.6 Å².